The molecule has 0 spiro atoms. The number of morpholine rings is 1. The number of aromatic nitrogens is 1. The molecule has 0 amide bonds. The molecule has 1 fully saturated rings. The monoisotopic (exact) mass is 250 g/mol. The van der Waals surface area contributed by atoms with Gasteiger partial charge in [0.05, 0.1) is 18.9 Å². The Morgan fingerprint density at radius 1 is 1.44 bits per heavy atom. The molecule has 2 heterocycles. The number of ether oxygens (including phenoxy) is 1. The summed E-state index contributed by atoms with van der Waals surface area (Å²) in [7, 11) is 0. The van der Waals surface area contributed by atoms with Gasteiger partial charge in [-0.25, -0.2) is 0 Å². The van der Waals surface area contributed by atoms with Crippen molar-refractivity contribution < 1.29 is 14.6 Å². The molecule has 0 bridgehead atoms. The van der Waals surface area contributed by atoms with E-state index in [9.17, 15) is 9.90 Å². The highest BCUT2D eigenvalue weighted by molar-refractivity contribution is 5.75. The number of nitrogens with zero attached hydrogens (tertiary/aromatic N) is 2. The largest absolute Gasteiger partial charge is 0.481 e. The number of hydrogen-bond donors (Lipinski definition) is 1. The first-order valence-electron chi connectivity index (χ1n) is 6.21. The standard InChI is InChI=1S/C13H18N2O3/c16-13(17)11(12-3-1-2-5-14-12)4-6-15-7-9-18-10-8-15/h1-3,5,11H,4,6-10H2,(H,16,17). The minimum Gasteiger partial charge on any atom is -0.481 e. The molecular weight excluding hydrogens is 232 g/mol. The first kappa shape index (κ1) is 13.0. The number of aliphatic carboxylic acids is 1. The van der Waals surface area contributed by atoms with E-state index in [2.05, 4.69) is 9.88 Å². The number of pyridine rings is 1. The highest BCUT2D eigenvalue weighted by Crippen LogP contribution is 2.18. The molecule has 0 aromatic carbocycles. The normalized spacial score (nSPS) is 18.4. The molecule has 1 N–H and O–H groups in total. The molecule has 0 radical (unpaired) electrons. The molecule has 1 aliphatic rings. The zero-order valence-electron chi connectivity index (χ0n) is 10.3. The smallest absolute Gasteiger partial charge is 0.312 e. The molecule has 1 saturated heterocycles. The summed E-state index contributed by atoms with van der Waals surface area (Å²) in [5.41, 5.74) is 0.637. The Balaban J connectivity index is 1.92. The SMILES string of the molecule is O=C(O)C(CCN1CCOCC1)c1ccccn1. The van der Waals surface area contributed by atoms with Gasteiger partial charge in [-0.15, -0.1) is 0 Å². The lowest BCUT2D eigenvalue weighted by atomic mass is 10.0. The van der Waals surface area contributed by atoms with Crippen LogP contribution < -0.4 is 0 Å². The fourth-order valence-electron chi connectivity index (χ4n) is 2.12. The van der Waals surface area contributed by atoms with Crippen LogP contribution in [0, 0.1) is 0 Å². The molecule has 5 nitrogen and oxygen atoms in total. The average Bonchev–Trinajstić information content (AvgIpc) is 2.41. The van der Waals surface area contributed by atoms with E-state index >= 15 is 0 Å². The summed E-state index contributed by atoms with van der Waals surface area (Å²) >= 11 is 0. The van der Waals surface area contributed by atoms with Crippen molar-refractivity contribution in [3.63, 3.8) is 0 Å². The Kier molecular flexibility index (Phi) is 4.66. The molecule has 2 rings (SSSR count). The summed E-state index contributed by atoms with van der Waals surface area (Å²) in [6.07, 6.45) is 2.23. The maximum Gasteiger partial charge on any atom is 0.312 e. The van der Waals surface area contributed by atoms with Gasteiger partial charge in [0.15, 0.2) is 0 Å². The quantitative estimate of drug-likeness (QED) is 0.843. The number of carboxylic acids is 1. The molecule has 1 unspecified atom stereocenters. The number of carbonyl (C=O) groups is 1. The van der Waals surface area contributed by atoms with Crippen molar-refractivity contribution in [1.82, 2.24) is 9.88 Å². The third kappa shape index (κ3) is 3.51. The van der Waals surface area contributed by atoms with Gasteiger partial charge in [-0.2, -0.15) is 0 Å². The van der Waals surface area contributed by atoms with Crippen LogP contribution in [-0.4, -0.2) is 53.8 Å². The molecule has 1 aromatic heterocycles. The lowest BCUT2D eigenvalue weighted by Crippen LogP contribution is -2.37. The van der Waals surface area contributed by atoms with Gasteiger partial charge in [0.25, 0.3) is 0 Å². The van der Waals surface area contributed by atoms with E-state index in [-0.39, 0.29) is 0 Å². The van der Waals surface area contributed by atoms with Gasteiger partial charge in [0, 0.05) is 19.3 Å². The van der Waals surface area contributed by atoms with Gasteiger partial charge < -0.3 is 9.84 Å². The van der Waals surface area contributed by atoms with Crippen molar-refractivity contribution in [2.75, 3.05) is 32.8 Å². The minimum atomic E-state index is -0.804. The molecule has 0 saturated carbocycles. The third-order valence-corrected chi connectivity index (χ3v) is 3.18. The summed E-state index contributed by atoms with van der Waals surface area (Å²) < 4.78 is 5.27. The summed E-state index contributed by atoms with van der Waals surface area (Å²) in [5, 5.41) is 9.27. The fourth-order valence-corrected chi connectivity index (χ4v) is 2.12. The second-order valence-electron chi connectivity index (χ2n) is 4.39. The van der Waals surface area contributed by atoms with Crippen molar-refractivity contribution in [2.45, 2.75) is 12.3 Å². The molecule has 1 aliphatic heterocycles. The Hall–Kier alpha value is -1.46. The Morgan fingerprint density at radius 2 is 2.22 bits per heavy atom. The zero-order valence-corrected chi connectivity index (χ0v) is 10.3. The summed E-state index contributed by atoms with van der Waals surface area (Å²) in [6.45, 7) is 4.02. The summed E-state index contributed by atoms with van der Waals surface area (Å²) in [6, 6.07) is 5.40. The van der Waals surface area contributed by atoms with Crippen molar-refractivity contribution >= 4 is 5.97 Å². The molecule has 18 heavy (non-hydrogen) atoms. The van der Waals surface area contributed by atoms with Crippen LogP contribution in [0.5, 0.6) is 0 Å². The summed E-state index contributed by atoms with van der Waals surface area (Å²) in [5.74, 6) is -1.32. The van der Waals surface area contributed by atoms with E-state index in [1.807, 2.05) is 6.07 Å². The van der Waals surface area contributed by atoms with Crippen molar-refractivity contribution in [1.29, 1.82) is 0 Å². The van der Waals surface area contributed by atoms with Crippen LogP contribution in [0.15, 0.2) is 24.4 Å². The average molecular weight is 250 g/mol. The molecule has 0 aliphatic carbocycles. The van der Waals surface area contributed by atoms with Gasteiger partial charge in [0.1, 0.15) is 5.92 Å². The van der Waals surface area contributed by atoms with Crippen LogP contribution >= 0.6 is 0 Å². The van der Waals surface area contributed by atoms with Crippen LogP contribution in [0.4, 0.5) is 0 Å². The van der Waals surface area contributed by atoms with Crippen LogP contribution in [0.3, 0.4) is 0 Å². The lowest BCUT2D eigenvalue weighted by Gasteiger charge is -2.27. The van der Waals surface area contributed by atoms with Gasteiger partial charge in [0.2, 0.25) is 0 Å². The van der Waals surface area contributed by atoms with Crippen molar-refractivity contribution in [3.05, 3.63) is 30.1 Å². The van der Waals surface area contributed by atoms with E-state index in [4.69, 9.17) is 4.74 Å². The molecule has 1 atom stereocenters. The van der Waals surface area contributed by atoms with E-state index in [1.165, 1.54) is 0 Å². The van der Waals surface area contributed by atoms with Gasteiger partial charge in [-0.05, 0) is 25.1 Å². The zero-order chi connectivity index (χ0) is 12.8. The predicted molar refractivity (Wildman–Crippen MR) is 66.5 cm³/mol. The van der Waals surface area contributed by atoms with Gasteiger partial charge in [-0.3, -0.25) is 14.7 Å². The molecule has 98 valence electrons. The first-order valence-corrected chi connectivity index (χ1v) is 6.21. The highest BCUT2D eigenvalue weighted by atomic mass is 16.5. The molecule has 1 aromatic rings. The van der Waals surface area contributed by atoms with Crippen LogP contribution in [0.2, 0.25) is 0 Å². The number of carboxylic acid groups (broad SMARTS) is 1. The van der Waals surface area contributed by atoms with Crippen molar-refractivity contribution in [3.8, 4) is 0 Å². The van der Waals surface area contributed by atoms with Crippen molar-refractivity contribution in [2.24, 2.45) is 0 Å². The Bertz CT molecular complexity index is 377. The fraction of sp³-hybridized carbons (Fsp3) is 0.538. The number of rotatable bonds is 5. The van der Waals surface area contributed by atoms with Crippen LogP contribution in [0.1, 0.15) is 18.0 Å². The van der Waals surface area contributed by atoms with E-state index in [0.717, 1.165) is 32.8 Å². The van der Waals surface area contributed by atoms with Crippen LogP contribution in [0.25, 0.3) is 0 Å². The maximum absolute atomic E-state index is 11.3. The topological polar surface area (TPSA) is 62.7 Å². The van der Waals surface area contributed by atoms with E-state index in [0.29, 0.717) is 12.1 Å². The van der Waals surface area contributed by atoms with Crippen LogP contribution in [-0.2, 0) is 9.53 Å². The predicted octanol–water partition coefficient (Wildman–Crippen LogP) is 0.972. The maximum atomic E-state index is 11.3. The Labute approximate surface area is 106 Å². The summed E-state index contributed by atoms with van der Waals surface area (Å²) in [4.78, 5) is 17.7. The highest BCUT2D eigenvalue weighted by Gasteiger charge is 2.22. The first-order chi connectivity index (χ1) is 8.77. The molecular formula is C13H18N2O3. The second-order valence-corrected chi connectivity index (χ2v) is 4.39. The molecule has 5 heteroatoms. The van der Waals surface area contributed by atoms with Gasteiger partial charge in [-0.1, -0.05) is 6.07 Å². The minimum absolute atomic E-state index is 0.519. The third-order valence-electron chi connectivity index (χ3n) is 3.18. The second kappa shape index (κ2) is 6.47. The van der Waals surface area contributed by atoms with Gasteiger partial charge >= 0.3 is 5.97 Å². The lowest BCUT2D eigenvalue weighted by molar-refractivity contribution is -0.139. The number of hydrogen-bond acceptors (Lipinski definition) is 4. The van der Waals surface area contributed by atoms with E-state index < -0.39 is 11.9 Å². The Morgan fingerprint density at radius 3 is 2.83 bits per heavy atom. The van der Waals surface area contributed by atoms with E-state index in [1.54, 1.807) is 18.3 Å².